The SMILES string of the molecule is CCOc1cc(/C=C2/SC(=S)N(C3CCCCC3)C2=O)ccc1OCc1cccc([N+](=O)[O-])c1. The second kappa shape index (κ2) is 11.0. The highest BCUT2D eigenvalue weighted by Crippen LogP contribution is 2.38. The second-order valence-corrected chi connectivity index (χ2v) is 9.87. The van der Waals surface area contributed by atoms with Gasteiger partial charge in [-0.05, 0) is 49.1 Å². The molecule has 0 radical (unpaired) electrons. The van der Waals surface area contributed by atoms with Gasteiger partial charge in [0.1, 0.15) is 10.9 Å². The average Bonchev–Trinajstić information content (AvgIpc) is 3.12. The highest BCUT2D eigenvalue weighted by molar-refractivity contribution is 8.26. The lowest BCUT2D eigenvalue weighted by atomic mass is 9.94. The van der Waals surface area contributed by atoms with Crippen LogP contribution in [0.15, 0.2) is 47.4 Å². The predicted molar refractivity (Wildman–Crippen MR) is 137 cm³/mol. The molecule has 4 rings (SSSR count). The Bertz CT molecular complexity index is 1130. The molecule has 1 amide bonds. The van der Waals surface area contributed by atoms with E-state index in [1.54, 1.807) is 23.1 Å². The first-order chi connectivity index (χ1) is 16.5. The van der Waals surface area contributed by atoms with Crippen LogP contribution in [0.4, 0.5) is 5.69 Å². The summed E-state index contributed by atoms with van der Waals surface area (Å²) in [6, 6.07) is 12.0. The Balaban J connectivity index is 1.50. The highest BCUT2D eigenvalue weighted by atomic mass is 32.2. The smallest absolute Gasteiger partial charge is 0.269 e. The lowest BCUT2D eigenvalue weighted by molar-refractivity contribution is -0.384. The van der Waals surface area contributed by atoms with Gasteiger partial charge in [-0.3, -0.25) is 19.8 Å². The van der Waals surface area contributed by atoms with Crippen LogP contribution in [0.25, 0.3) is 6.08 Å². The van der Waals surface area contributed by atoms with Gasteiger partial charge < -0.3 is 9.47 Å². The molecule has 0 N–H and O–H groups in total. The standard InChI is InChI=1S/C25H26N2O5S2/c1-2-31-22-14-17(11-12-21(22)32-16-18-7-6-10-20(13-18)27(29)30)15-23-24(28)26(25(33)34-23)19-8-4-3-5-9-19/h6-7,10-15,19H,2-5,8-9,16H2,1H3/b23-15+. The zero-order valence-corrected chi connectivity index (χ0v) is 20.5. The van der Waals surface area contributed by atoms with E-state index in [1.807, 2.05) is 25.1 Å². The molecule has 0 unspecified atom stereocenters. The van der Waals surface area contributed by atoms with Gasteiger partial charge in [0.2, 0.25) is 0 Å². The molecule has 2 aliphatic rings. The van der Waals surface area contributed by atoms with Crippen LogP contribution in [0.1, 0.15) is 50.2 Å². The zero-order valence-electron chi connectivity index (χ0n) is 18.9. The van der Waals surface area contributed by atoms with Crippen molar-refractivity contribution in [2.24, 2.45) is 0 Å². The summed E-state index contributed by atoms with van der Waals surface area (Å²) in [6.45, 7) is 2.49. The van der Waals surface area contributed by atoms with Crippen molar-refractivity contribution in [1.29, 1.82) is 0 Å². The first-order valence-electron chi connectivity index (χ1n) is 11.4. The molecule has 2 fully saturated rings. The molecule has 2 aromatic rings. The van der Waals surface area contributed by atoms with Gasteiger partial charge in [0, 0.05) is 18.2 Å². The Hall–Kier alpha value is -2.91. The maximum atomic E-state index is 13.1. The lowest BCUT2D eigenvalue weighted by Crippen LogP contribution is -2.39. The molecule has 0 bridgehead atoms. The molecular weight excluding hydrogens is 472 g/mol. The van der Waals surface area contributed by atoms with Crippen LogP contribution in [-0.2, 0) is 11.4 Å². The highest BCUT2D eigenvalue weighted by Gasteiger charge is 2.37. The maximum absolute atomic E-state index is 13.1. The number of rotatable bonds is 8. The number of hydrogen-bond acceptors (Lipinski definition) is 7. The zero-order chi connectivity index (χ0) is 24.1. The summed E-state index contributed by atoms with van der Waals surface area (Å²) < 4.78 is 12.3. The number of nitro groups is 1. The van der Waals surface area contributed by atoms with Crippen molar-refractivity contribution in [2.45, 2.75) is 51.7 Å². The number of carbonyl (C=O) groups is 1. The molecule has 1 aliphatic carbocycles. The van der Waals surface area contributed by atoms with Gasteiger partial charge in [-0.25, -0.2) is 0 Å². The average molecular weight is 499 g/mol. The number of non-ortho nitro benzene ring substituents is 1. The van der Waals surface area contributed by atoms with Crippen LogP contribution < -0.4 is 9.47 Å². The molecule has 1 heterocycles. The molecule has 0 atom stereocenters. The molecule has 1 aliphatic heterocycles. The summed E-state index contributed by atoms with van der Waals surface area (Å²) in [5.74, 6) is 1.05. The first kappa shape index (κ1) is 24.2. The van der Waals surface area contributed by atoms with Crippen LogP contribution in [0.3, 0.4) is 0 Å². The van der Waals surface area contributed by atoms with Gasteiger partial charge in [0.05, 0.1) is 16.4 Å². The summed E-state index contributed by atoms with van der Waals surface area (Å²) in [6.07, 6.45) is 7.34. The van der Waals surface area contributed by atoms with E-state index in [0.29, 0.717) is 32.9 Å². The van der Waals surface area contributed by atoms with E-state index in [2.05, 4.69) is 0 Å². The number of thioether (sulfide) groups is 1. The molecule has 0 aromatic heterocycles. The van der Waals surface area contributed by atoms with E-state index >= 15 is 0 Å². The minimum atomic E-state index is -0.430. The minimum absolute atomic E-state index is 0.0204. The fraction of sp³-hybridized carbons (Fsp3) is 0.360. The topological polar surface area (TPSA) is 81.9 Å². The number of carbonyl (C=O) groups excluding carboxylic acids is 1. The van der Waals surface area contributed by atoms with Gasteiger partial charge in [-0.1, -0.05) is 61.4 Å². The number of ether oxygens (including phenoxy) is 2. The van der Waals surface area contributed by atoms with Crippen molar-refractivity contribution in [3.05, 3.63) is 68.6 Å². The third kappa shape index (κ3) is 5.59. The third-order valence-electron chi connectivity index (χ3n) is 5.84. The molecule has 1 saturated carbocycles. The van der Waals surface area contributed by atoms with E-state index in [-0.39, 0.29) is 24.2 Å². The summed E-state index contributed by atoms with van der Waals surface area (Å²) in [7, 11) is 0. The molecule has 1 saturated heterocycles. The fourth-order valence-corrected chi connectivity index (χ4v) is 5.61. The van der Waals surface area contributed by atoms with Crippen molar-refractivity contribution in [1.82, 2.24) is 4.90 Å². The van der Waals surface area contributed by atoms with Gasteiger partial charge >= 0.3 is 0 Å². The number of nitro benzene ring substituents is 1. The molecule has 7 nitrogen and oxygen atoms in total. The summed E-state index contributed by atoms with van der Waals surface area (Å²) in [4.78, 5) is 26.1. The van der Waals surface area contributed by atoms with Crippen molar-refractivity contribution in [2.75, 3.05) is 6.61 Å². The third-order valence-corrected chi connectivity index (χ3v) is 7.17. The number of hydrogen-bond donors (Lipinski definition) is 0. The van der Waals surface area contributed by atoms with Crippen LogP contribution in [-0.4, -0.2) is 32.7 Å². The van der Waals surface area contributed by atoms with E-state index in [9.17, 15) is 14.9 Å². The molecule has 178 valence electrons. The Morgan fingerprint density at radius 3 is 2.68 bits per heavy atom. The molecule has 34 heavy (non-hydrogen) atoms. The minimum Gasteiger partial charge on any atom is -0.490 e. The van der Waals surface area contributed by atoms with Crippen LogP contribution >= 0.6 is 24.0 Å². The summed E-state index contributed by atoms with van der Waals surface area (Å²) in [5.41, 5.74) is 1.52. The van der Waals surface area contributed by atoms with Gasteiger partial charge in [0.25, 0.3) is 11.6 Å². The normalized spacial score (nSPS) is 17.9. The maximum Gasteiger partial charge on any atom is 0.269 e. The molecule has 0 spiro atoms. The molecule has 2 aromatic carbocycles. The van der Waals surface area contributed by atoms with Gasteiger partial charge in [-0.2, -0.15) is 0 Å². The molecule has 9 heteroatoms. The fourth-order valence-electron chi connectivity index (χ4n) is 4.21. The Morgan fingerprint density at radius 1 is 1.15 bits per heavy atom. The Kier molecular flexibility index (Phi) is 7.84. The van der Waals surface area contributed by atoms with Crippen molar-refractivity contribution >= 4 is 46.0 Å². The number of nitrogens with zero attached hydrogens (tertiary/aromatic N) is 2. The number of thiocarbonyl (C=S) groups is 1. The van der Waals surface area contributed by atoms with Gasteiger partial charge in [0.15, 0.2) is 11.5 Å². The van der Waals surface area contributed by atoms with Crippen molar-refractivity contribution in [3.63, 3.8) is 0 Å². The molecular formula is C25H26N2O5S2. The first-order valence-corrected chi connectivity index (χ1v) is 12.6. The predicted octanol–water partition coefficient (Wildman–Crippen LogP) is 6.11. The van der Waals surface area contributed by atoms with E-state index < -0.39 is 4.92 Å². The van der Waals surface area contributed by atoms with E-state index in [4.69, 9.17) is 21.7 Å². The Morgan fingerprint density at radius 2 is 1.94 bits per heavy atom. The van der Waals surface area contributed by atoms with Gasteiger partial charge in [-0.15, -0.1) is 0 Å². The monoisotopic (exact) mass is 498 g/mol. The summed E-state index contributed by atoms with van der Waals surface area (Å²) in [5, 5.41) is 11.0. The van der Waals surface area contributed by atoms with Crippen LogP contribution in [0.2, 0.25) is 0 Å². The van der Waals surface area contributed by atoms with E-state index in [1.165, 1.54) is 30.3 Å². The van der Waals surface area contributed by atoms with Crippen molar-refractivity contribution in [3.8, 4) is 11.5 Å². The lowest BCUT2D eigenvalue weighted by Gasteiger charge is -2.29. The van der Waals surface area contributed by atoms with Crippen molar-refractivity contribution < 1.29 is 19.2 Å². The second-order valence-electron chi connectivity index (χ2n) is 8.20. The largest absolute Gasteiger partial charge is 0.490 e. The van der Waals surface area contributed by atoms with Crippen LogP contribution in [0, 0.1) is 10.1 Å². The summed E-state index contributed by atoms with van der Waals surface area (Å²) >= 11 is 6.87. The number of amides is 1. The van der Waals surface area contributed by atoms with E-state index in [0.717, 1.165) is 31.2 Å². The Labute approximate surface area is 208 Å². The quantitative estimate of drug-likeness (QED) is 0.188. The number of benzene rings is 2. The van der Waals surface area contributed by atoms with Crippen LogP contribution in [0.5, 0.6) is 11.5 Å².